The molecule has 0 bridgehead atoms. The van der Waals surface area contributed by atoms with Crippen LogP contribution in [-0.2, 0) is 6.42 Å². The zero-order valence-electron chi connectivity index (χ0n) is 19.1. The Morgan fingerprint density at radius 1 is 1.12 bits per heavy atom. The molecule has 0 saturated carbocycles. The molecular weight excluding hydrogens is 398 g/mol. The molecule has 0 aliphatic carbocycles. The van der Waals surface area contributed by atoms with Crippen LogP contribution < -0.4 is 10.1 Å². The number of hydrogen-bond donors (Lipinski definition) is 2. The molecule has 5 heteroatoms. The molecule has 5 nitrogen and oxygen atoms in total. The van der Waals surface area contributed by atoms with E-state index in [4.69, 9.17) is 4.74 Å². The summed E-state index contributed by atoms with van der Waals surface area (Å²) in [6, 6.07) is 18.6. The van der Waals surface area contributed by atoms with Crippen molar-refractivity contribution in [1.82, 2.24) is 15.2 Å². The van der Waals surface area contributed by atoms with Crippen LogP contribution in [0.25, 0.3) is 10.9 Å². The zero-order chi connectivity index (χ0) is 22.2. The SMILES string of the molecule is CCCCOc1ccc2[nH]c(C(=O)NCCN3CCC(Cc4ccccc4)CC3)cc2c1. The average molecular weight is 434 g/mol. The molecule has 1 aromatic heterocycles. The molecular formula is C27H35N3O2. The van der Waals surface area contributed by atoms with Gasteiger partial charge in [-0.2, -0.15) is 0 Å². The summed E-state index contributed by atoms with van der Waals surface area (Å²) in [6.07, 6.45) is 5.80. The molecule has 1 fully saturated rings. The average Bonchev–Trinajstić information content (AvgIpc) is 3.25. The molecule has 1 aliphatic rings. The van der Waals surface area contributed by atoms with E-state index >= 15 is 0 Å². The van der Waals surface area contributed by atoms with Gasteiger partial charge in [0.15, 0.2) is 0 Å². The zero-order valence-corrected chi connectivity index (χ0v) is 19.1. The van der Waals surface area contributed by atoms with Gasteiger partial charge in [-0.3, -0.25) is 4.79 Å². The number of ether oxygens (including phenoxy) is 1. The number of H-pyrrole nitrogens is 1. The largest absolute Gasteiger partial charge is 0.494 e. The second-order valence-electron chi connectivity index (χ2n) is 8.86. The first-order valence-corrected chi connectivity index (χ1v) is 12.0. The van der Waals surface area contributed by atoms with Crippen molar-refractivity contribution in [2.45, 2.75) is 39.0 Å². The van der Waals surface area contributed by atoms with E-state index in [1.165, 1.54) is 24.8 Å². The first-order valence-electron chi connectivity index (χ1n) is 12.0. The number of likely N-dealkylation sites (tertiary alicyclic amines) is 1. The molecule has 3 aromatic rings. The predicted octanol–water partition coefficient (Wildman–Crippen LogP) is 5.03. The maximum Gasteiger partial charge on any atom is 0.267 e. The Balaban J connectivity index is 1.20. The highest BCUT2D eigenvalue weighted by atomic mass is 16.5. The molecule has 32 heavy (non-hydrogen) atoms. The lowest BCUT2D eigenvalue weighted by Gasteiger charge is -2.32. The van der Waals surface area contributed by atoms with E-state index in [2.05, 4.69) is 52.5 Å². The van der Waals surface area contributed by atoms with Crippen LogP contribution in [0, 0.1) is 5.92 Å². The van der Waals surface area contributed by atoms with Crippen molar-refractivity contribution in [2.24, 2.45) is 5.92 Å². The van der Waals surface area contributed by atoms with Crippen molar-refractivity contribution in [1.29, 1.82) is 0 Å². The van der Waals surface area contributed by atoms with Crippen molar-refractivity contribution in [3.8, 4) is 5.75 Å². The molecule has 2 heterocycles. The molecule has 1 saturated heterocycles. The van der Waals surface area contributed by atoms with Crippen LogP contribution in [0.5, 0.6) is 5.75 Å². The number of rotatable bonds is 10. The Morgan fingerprint density at radius 2 is 1.94 bits per heavy atom. The molecule has 1 aliphatic heterocycles. The molecule has 2 aromatic carbocycles. The highest BCUT2D eigenvalue weighted by Crippen LogP contribution is 2.23. The van der Waals surface area contributed by atoms with Gasteiger partial charge in [0.25, 0.3) is 5.91 Å². The van der Waals surface area contributed by atoms with Crippen molar-refractivity contribution in [2.75, 3.05) is 32.8 Å². The fourth-order valence-corrected chi connectivity index (χ4v) is 4.44. The number of hydrogen-bond acceptors (Lipinski definition) is 3. The number of aromatic amines is 1. The topological polar surface area (TPSA) is 57.4 Å². The maximum atomic E-state index is 12.6. The lowest BCUT2D eigenvalue weighted by atomic mass is 9.90. The highest BCUT2D eigenvalue weighted by Gasteiger charge is 2.19. The normalized spacial score (nSPS) is 15.2. The van der Waals surface area contributed by atoms with E-state index in [1.807, 2.05) is 24.3 Å². The van der Waals surface area contributed by atoms with Gasteiger partial charge in [-0.25, -0.2) is 0 Å². The van der Waals surface area contributed by atoms with Gasteiger partial charge in [0.1, 0.15) is 11.4 Å². The monoisotopic (exact) mass is 433 g/mol. The Labute approximate surface area is 191 Å². The van der Waals surface area contributed by atoms with Crippen molar-refractivity contribution < 1.29 is 9.53 Å². The van der Waals surface area contributed by atoms with Crippen LogP contribution in [0.15, 0.2) is 54.6 Å². The van der Waals surface area contributed by atoms with Gasteiger partial charge in [-0.15, -0.1) is 0 Å². The van der Waals surface area contributed by atoms with Crippen LogP contribution >= 0.6 is 0 Å². The number of benzene rings is 2. The van der Waals surface area contributed by atoms with Crippen molar-refractivity contribution in [3.05, 3.63) is 65.9 Å². The second-order valence-corrected chi connectivity index (χ2v) is 8.86. The number of fused-ring (bicyclic) bond motifs is 1. The molecule has 0 radical (unpaired) electrons. The summed E-state index contributed by atoms with van der Waals surface area (Å²) in [4.78, 5) is 18.3. The minimum absolute atomic E-state index is 0.0476. The van der Waals surface area contributed by atoms with E-state index in [0.29, 0.717) is 12.2 Å². The standard InChI is InChI=1S/C27H35N3O2/c1-2-3-17-32-24-9-10-25-23(19-24)20-26(29-25)27(31)28-13-16-30-14-11-22(12-15-30)18-21-7-5-4-6-8-21/h4-10,19-20,22,29H,2-3,11-18H2,1H3,(H,28,31). The van der Waals surface area contributed by atoms with Gasteiger partial charge < -0.3 is 19.9 Å². The smallest absolute Gasteiger partial charge is 0.267 e. The van der Waals surface area contributed by atoms with Crippen LogP contribution in [0.2, 0.25) is 0 Å². The molecule has 4 rings (SSSR count). The van der Waals surface area contributed by atoms with E-state index < -0.39 is 0 Å². The molecule has 170 valence electrons. The second kappa shape index (κ2) is 11.2. The number of aromatic nitrogens is 1. The van der Waals surface area contributed by atoms with Gasteiger partial charge >= 0.3 is 0 Å². The highest BCUT2D eigenvalue weighted by molar-refractivity contribution is 5.98. The van der Waals surface area contributed by atoms with Gasteiger partial charge in [-0.05, 0) is 74.5 Å². The molecule has 1 amide bonds. The van der Waals surface area contributed by atoms with Crippen LogP contribution in [0.4, 0.5) is 0 Å². The van der Waals surface area contributed by atoms with Crippen LogP contribution in [0.3, 0.4) is 0 Å². The van der Waals surface area contributed by atoms with Gasteiger partial charge in [-0.1, -0.05) is 43.7 Å². The number of nitrogens with zero attached hydrogens (tertiary/aromatic N) is 1. The predicted molar refractivity (Wildman–Crippen MR) is 130 cm³/mol. The first kappa shape index (κ1) is 22.4. The third kappa shape index (κ3) is 6.13. The summed E-state index contributed by atoms with van der Waals surface area (Å²) in [7, 11) is 0. The Bertz CT molecular complexity index is 991. The summed E-state index contributed by atoms with van der Waals surface area (Å²) < 4.78 is 5.78. The van der Waals surface area contributed by atoms with Crippen molar-refractivity contribution in [3.63, 3.8) is 0 Å². The molecule has 2 N–H and O–H groups in total. The summed E-state index contributed by atoms with van der Waals surface area (Å²) in [5.74, 6) is 1.58. The molecule has 0 unspecified atom stereocenters. The Hall–Kier alpha value is -2.79. The van der Waals surface area contributed by atoms with Crippen LogP contribution in [0.1, 0.15) is 48.7 Å². The fourth-order valence-electron chi connectivity index (χ4n) is 4.44. The summed E-state index contributed by atoms with van der Waals surface area (Å²) in [5, 5.41) is 4.08. The number of nitrogens with one attached hydrogen (secondary N) is 2. The number of carbonyl (C=O) groups excluding carboxylic acids is 1. The number of piperidine rings is 1. The van der Waals surface area contributed by atoms with E-state index in [0.717, 1.165) is 61.7 Å². The minimum Gasteiger partial charge on any atom is -0.494 e. The third-order valence-electron chi connectivity index (χ3n) is 6.39. The number of carbonyl (C=O) groups is 1. The van der Waals surface area contributed by atoms with Gasteiger partial charge in [0, 0.05) is 24.0 Å². The summed E-state index contributed by atoms with van der Waals surface area (Å²) >= 11 is 0. The van der Waals surface area contributed by atoms with E-state index in [9.17, 15) is 4.79 Å². The molecule has 0 spiro atoms. The lowest BCUT2D eigenvalue weighted by Crippen LogP contribution is -2.40. The van der Waals surface area contributed by atoms with E-state index in [-0.39, 0.29) is 5.91 Å². The first-order chi connectivity index (χ1) is 15.7. The molecule has 0 atom stereocenters. The number of amides is 1. The van der Waals surface area contributed by atoms with E-state index in [1.54, 1.807) is 0 Å². The summed E-state index contributed by atoms with van der Waals surface area (Å²) in [5.41, 5.74) is 3.00. The lowest BCUT2D eigenvalue weighted by molar-refractivity contribution is 0.0940. The van der Waals surface area contributed by atoms with Gasteiger partial charge in [0.2, 0.25) is 0 Å². The Kier molecular flexibility index (Phi) is 7.83. The van der Waals surface area contributed by atoms with Gasteiger partial charge in [0.05, 0.1) is 6.61 Å². The minimum atomic E-state index is -0.0476. The summed E-state index contributed by atoms with van der Waals surface area (Å²) in [6.45, 7) is 6.67. The number of unbranched alkanes of at least 4 members (excludes halogenated alkanes) is 1. The third-order valence-corrected chi connectivity index (χ3v) is 6.39. The van der Waals surface area contributed by atoms with Crippen LogP contribution in [-0.4, -0.2) is 48.6 Å². The quantitative estimate of drug-likeness (QED) is 0.441. The fraction of sp³-hybridized carbons (Fsp3) is 0.444. The maximum absolute atomic E-state index is 12.6. The Morgan fingerprint density at radius 3 is 2.72 bits per heavy atom. The van der Waals surface area contributed by atoms with Crippen molar-refractivity contribution >= 4 is 16.8 Å².